The summed E-state index contributed by atoms with van der Waals surface area (Å²) in [6, 6.07) is 19.1. The minimum Gasteiger partial charge on any atom is -0.335 e. The van der Waals surface area contributed by atoms with Crippen molar-refractivity contribution in [1.29, 1.82) is 0 Å². The van der Waals surface area contributed by atoms with E-state index in [1.165, 1.54) is 16.7 Å². The molecule has 0 bridgehead atoms. The van der Waals surface area contributed by atoms with Crippen molar-refractivity contribution in [3.63, 3.8) is 0 Å². The van der Waals surface area contributed by atoms with Crippen LogP contribution in [0.1, 0.15) is 48.7 Å². The number of carbonyl (C=O) groups excluding carboxylic acids is 1. The van der Waals surface area contributed by atoms with Crippen LogP contribution in [0.4, 0.5) is 0 Å². The maximum absolute atomic E-state index is 12.8. The number of carbonyl (C=O) groups is 1. The third-order valence-corrected chi connectivity index (χ3v) is 5.36. The molecule has 2 aromatic rings. The molecular weight excluding hydrogens is 332 g/mol. The lowest BCUT2D eigenvalue weighted by Gasteiger charge is -2.27. The summed E-state index contributed by atoms with van der Waals surface area (Å²) < 4.78 is 0. The largest absolute Gasteiger partial charge is 0.335 e. The predicted molar refractivity (Wildman–Crippen MR) is 113 cm³/mol. The Kier molecular flexibility index (Phi) is 6.46. The van der Waals surface area contributed by atoms with Crippen LogP contribution < -0.4 is 0 Å². The molecule has 1 aliphatic heterocycles. The summed E-state index contributed by atoms with van der Waals surface area (Å²) in [5.41, 5.74) is 4.64. The van der Waals surface area contributed by atoms with Crippen LogP contribution in [0, 0.1) is 0 Å². The van der Waals surface area contributed by atoms with E-state index in [1.807, 2.05) is 23.1 Å². The fourth-order valence-corrected chi connectivity index (χ4v) is 3.60. The van der Waals surface area contributed by atoms with E-state index in [1.54, 1.807) is 0 Å². The van der Waals surface area contributed by atoms with Gasteiger partial charge in [0.15, 0.2) is 0 Å². The minimum absolute atomic E-state index is 0.126. The van der Waals surface area contributed by atoms with Crippen LogP contribution in [0.3, 0.4) is 0 Å². The Morgan fingerprint density at radius 3 is 2.33 bits per heavy atom. The van der Waals surface area contributed by atoms with E-state index in [0.717, 1.165) is 31.6 Å². The summed E-state index contributed by atoms with van der Waals surface area (Å²) in [6.45, 7) is 10.0. The van der Waals surface area contributed by atoms with E-state index < -0.39 is 0 Å². The van der Waals surface area contributed by atoms with Gasteiger partial charge in [0, 0.05) is 31.2 Å². The number of hydrogen-bond donors (Lipinski definition) is 0. The monoisotopic (exact) mass is 362 g/mol. The summed E-state index contributed by atoms with van der Waals surface area (Å²) >= 11 is 0. The zero-order valence-electron chi connectivity index (χ0n) is 16.7. The zero-order chi connectivity index (χ0) is 19.2. The fraction of sp³-hybridized carbons (Fsp3) is 0.375. The molecule has 0 atom stereocenters. The van der Waals surface area contributed by atoms with E-state index in [2.05, 4.69) is 68.1 Å². The quantitative estimate of drug-likeness (QED) is 0.734. The normalized spacial score (nSPS) is 14.6. The fourth-order valence-electron chi connectivity index (χ4n) is 3.60. The van der Waals surface area contributed by atoms with Crippen LogP contribution in [0.5, 0.6) is 0 Å². The van der Waals surface area contributed by atoms with E-state index in [4.69, 9.17) is 0 Å². The second-order valence-electron chi connectivity index (χ2n) is 7.45. The van der Waals surface area contributed by atoms with Gasteiger partial charge in [-0.15, -0.1) is 0 Å². The van der Waals surface area contributed by atoms with Gasteiger partial charge in [0.2, 0.25) is 0 Å². The highest BCUT2D eigenvalue weighted by molar-refractivity contribution is 5.94. The number of hydrogen-bond acceptors (Lipinski definition) is 2. The van der Waals surface area contributed by atoms with Crippen molar-refractivity contribution < 1.29 is 4.79 Å². The van der Waals surface area contributed by atoms with Gasteiger partial charge in [-0.05, 0) is 55.6 Å². The van der Waals surface area contributed by atoms with Crippen LogP contribution in [0.2, 0.25) is 0 Å². The van der Waals surface area contributed by atoms with Crippen molar-refractivity contribution in [2.75, 3.05) is 19.6 Å². The highest BCUT2D eigenvalue weighted by atomic mass is 16.2. The Bertz CT molecular complexity index is 778. The summed E-state index contributed by atoms with van der Waals surface area (Å²) in [5, 5.41) is 0. The average Bonchev–Trinajstić information content (AvgIpc) is 2.72. The average molecular weight is 363 g/mol. The van der Waals surface area contributed by atoms with Gasteiger partial charge in [-0.25, -0.2) is 0 Å². The van der Waals surface area contributed by atoms with Gasteiger partial charge < -0.3 is 4.90 Å². The molecule has 0 saturated heterocycles. The molecule has 3 heteroatoms. The molecule has 1 aliphatic rings. The van der Waals surface area contributed by atoms with E-state index >= 15 is 0 Å². The first-order chi connectivity index (χ1) is 13.1. The molecule has 142 valence electrons. The van der Waals surface area contributed by atoms with Gasteiger partial charge in [0.05, 0.1) is 0 Å². The Morgan fingerprint density at radius 2 is 1.78 bits per heavy atom. The highest BCUT2D eigenvalue weighted by Crippen LogP contribution is 2.23. The summed E-state index contributed by atoms with van der Waals surface area (Å²) in [5.74, 6) is 0.126. The molecular formula is C24H30N2O. The van der Waals surface area contributed by atoms with Crippen LogP contribution in [0.25, 0.3) is 5.57 Å². The van der Waals surface area contributed by atoms with Crippen molar-refractivity contribution in [1.82, 2.24) is 9.80 Å². The molecule has 3 rings (SSSR count). The van der Waals surface area contributed by atoms with Crippen LogP contribution >= 0.6 is 0 Å². The molecule has 1 amide bonds. The Balaban J connectivity index is 1.62. The van der Waals surface area contributed by atoms with Crippen LogP contribution in [-0.2, 0) is 6.54 Å². The van der Waals surface area contributed by atoms with Gasteiger partial charge in [-0.1, -0.05) is 55.5 Å². The lowest BCUT2D eigenvalue weighted by Crippen LogP contribution is -2.34. The number of amides is 1. The first-order valence-electron chi connectivity index (χ1n) is 9.95. The Hall–Kier alpha value is -2.39. The van der Waals surface area contributed by atoms with E-state index in [9.17, 15) is 4.79 Å². The summed E-state index contributed by atoms with van der Waals surface area (Å²) in [7, 11) is 0. The predicted octanol–water partition coefficient (Wildman–Crippen LogP) is 4.85. The maximum Gasteiger partial charge on any atom is 0.254 e. The lowest BCUT2D eigenvalue weighted by molar-refractivity contribution is 0.0773. The SMILES string of the molecule is CCN(Cc1ccc(C(=O)N2CC=C(c3ccccc3)CC2)cc1)C(C)C. The van der Waals surface area contributed by atoms with Crippen molar-refractivity contribution in [3.05, 3.63) is 77.4 Å². The van der Waals surface area contributed by atoms with Gasteiger partial charge in [-0.3, -0.25) is 9.69 Å². The van der Waals surface area contributed by atoms with Gasteiger partial charge in [0.25, 0.3) is 5.91 Å². The van der Waals surface area contributed by atoms with Crippen molar-refractivity contribution in [3.8, 4) is 0 Å². The number of benzene rings is 2. The third-order valence-electron chi connectivity index (χ3n) is 5.36. The first kappa shape index (κ1) is 19.4. The first-order valence-corrected chi connectivity index (χ1v) is 9.95. The van der Waals surface area contributed by atoms with Crippen molar-refractivity contribution in [2.24, 2.45) is 0 Å². The number of rotatable bonds is 6. The van der Waals surface area contributed by atoms with Crippen molar-refractivity contribution >= 4 is 11.5 Å². The zero-order valence-corrected chi connectivity index (χ0v) is 16.7. The molecule has 0 fully saturated rings. The van der Waals surface area contributed by atoms with Gasteiger partial charge >= 0.3 is 0 Å². The van der Waals surface area contributed by atoms with Gasteiger partial charge in [-0.2, -0.15) is 0 Å². The number of nitrogens with zero attached hydrogens (tertiary/aromatic N) is 2. The highest BCUT2D eigenvalue weighted by Gasteiger charge is 2.19. The molecule has 0 spiro atoms. The van der Waals surface area contributed by atoms with Crippen LogP contribution in [0.15, 0.2) is 60.7 Å². The second kappa shape index (κ2) is 9.01. The summed E-state index contributed by atoms with van der Waals surface area (Å²) in [6.07, 6.45) is 3.10. The van der Waals surface area contributed by atoms with Gasteiger partial charge in [0.1, 0.15) is 0 Å². The van der Waals surface area contributed by atoms with Crippen molar-refractivity contribution in [2.45, 2.75) is 39.8 Å². The van der Waals surface area contributed by atoms with E-state index in [-0.39, 0.29) is 5.91 Å². The molecule has 3 nitrogen and oxygen atoms in total. The summed E-state index contributed by atoms with van der Waals surface area (Å²) in [4.78, 5) is 17.2. The van der Waals surface area contributed by atoms with Crippen LogP contribution in [-0.4, -0.2) is 41.4 Å². The Morgan fingerprint density at radius 1 is 1.07 bits per heavy atom. The molecule has 2 aromatic carbocycles. The molecule has 0 N–H and O–H groups in total. The standard InChI is InChI=1S/C24H30N2O/c1-4-25(19(2)3)18-20-10-12-23(13-11-20)24(27)26-16-14-22(15-17-26)21-8-6-5-7-9-21/h5-14,19H,4,15-18H2,1-3H3. The lowest BCUT2D eigenvalue weighted by atomic mass is 9.99. The smallest absolute Gasteiger partial charge is 0.254 e. The molecule has 1 heterocycles. The molecule has 0 aliphatic carbocycles. The third kappa shape index (κ3) is 4.86. The Labute approximate surface area is 163 Å². The molecule has 0 saturated carbocycles. The molecule has 0 radical (unpaired) electrons. The topological polar surface area (TPSA) is 23.6 Å². The van der Waals surface area contributed by atoms with E-state index in [0.29, 0.717) is 12.6 Å². The second-order valence-corrected chi connectivity index (χ2v) is 7.45. The molecule has 0 unspecified atom stereocenters. The maximum atomic E-state index is 12.8. The molecule has 0 aromatic heterocycles. The minimum atomic E-state index is 0.126. The molecule has 27 heavy (non-hydrogen) atoms.